The summed E-state index contributed by atoms with van der Waals surface area (Å²) in [6.45, 7) is 5.67. The smallest absolute Gasteiger partial charge is 0.355 e. The predicted molar refractivity (Wildman–Crippen MR) is 54.2 cm³/mol. The number of carboxylic acid groups (broad SMARTS) is 1. The molecule has 1 aromatic rings. The fraction of sp³-hybridized carbons (Fsp3) is 0.500. The quantitative estimate of drug-likeness (QED) is 0.800. The summed E-state index contributed by atoms with van der Waals surface area (Å²) >= 11 is 0. The Morgan fingerprint density at radius 1 is 1.40 bits per heavy atom. The summed E-state index contributed by atoms with van der Waals surface area (Å²) in [4.78, 5) is 18.7. The van der Waals surface area contributed by atoms with E-state index in [9.17, 15) is 4.79 Å². The predicted octanol–water partition coefficient (Wildman–Crippen LogP) is 1.48. The molecule has 0 radical (unpaired) electrons. The van der Waals surface area contributed by atoms with Gasteiger partial charge in [0.05, 0.1) is 12.7 Å². The molecule has 0 atom stereocenters. The molecular weight excluding hydrogens is 196 g/mol. The molecule has 5 nitrogen and oxygen atoms in total. The van der Waals surface area contributed by atoms with Gasteiger partial charge in [-0.25, -0.2) is 14.8 Å². The van der Waals surface area contributed by atoms with Crippen LogP contribution in [0.3, 0.4) is 0 Å². The van der Waals surface area contributed by atoms with Crippen LogP contribution in [0.2, 0.25) is 0 Å². The molecule has 1 N–H and O–H groups in total. The number of rotatable bonds is 2. The van der Waals surface area contributed by atoms with Crippen LogP contribution in [0.25, 0.3) is 0 Å². The van der Waals surface area contributed by atoms with E-state index in [0.717, 1.165) is 0 Å². The summed E-state index contributed by atoms with van der Waals surface area (Å²) in [5.41, 5.74) is 0.134. The van der Waals surface area contributed by atoms with Crippen LogP contribution in [0.1, 0.15) is 36.8 Å². The Morgan fingerprint density at radius 3 is 2.40 bits per heavy atom. The molecule has 0 saturated carbocycles. The summed E-state index contributed by atoms with van der Waals surface area (Å²) in [5.74, 6) is -0.754. The zero-order valence-corrected chi connectivity index (χ0v) is 9.24. The maximum Gasteiger partial charge on any atom is 0.355 e. The lowest BCUT2D eigenvalue weighted by Crippen LogP contribution is -2.20. The van der Waals surface area contributed by atoms with Gasteiger partial charge in [0.2, 0.25) is 5.88 Å². The van der Waals surface area contributed by atoms with E-state index in [2.05, 4.69) is 9.97 Å². The van der Waals surface area contributed by atoms with Gasteiger partial charge >= 0.3 is 5.97 Å². The Labute approximate surface area is 88.1 Å². The Balaban J connectivity index is 3.47. The molecule has 0 amide bonds. The molecule has 0 unspecified atom stereocenters. The minimum absolute atomic E-state index is 0.00523. The van der Waals surface area contributed by atoms with E-state index in [-0.39, 0.29) is 11.1 Å². The van der Waals surface area contributed by atoms with Crippen LogP contribution in [-0.2, 0) is 5.41 Å². The van der Waals surface area contributed by atoms with Crippen molar-refractivity contribution in [1.82, 2.24) is 9.97 Å². The molecule has 0 fully saturated rings. The van der Waals surface area contributed by atoms with Crippen molar-refractivity contribution in [3.63, 3.8) is 0 Å². The first-order valence-corrected chi connectivity index (χ1v) is 4.50. The first-order chi connectivity index (χ1) is 6.88. The number of nitrogens with zero attached hydrogens (tertiary/aromatic N) is 2. The van der Waals surface area contributed by atoms with Gasteiger partial charge < -0.3 is 9.84 Å². The highest BCUT2D eigenvalue weighted by atomic mass is 16.5. The second kappa shape index (κ2) is 3.84. The van der Waals surface area contributed by atoms with Crippen molar-refractivity contribution in [2.75, 3.05) is 7.11 Å². The average Bonchev–Trinajstić information content (AvgIpc) is 2.15. The first-order valence-electron chi connectivity index (χ1n) is 4.50. The molecule has 0 saturated heterocycles. The number of carbonyl (C=O) groups is 1. The van der Waals surface area contributed by atoms with Gasteiger partial charge in [0.15, 0.2) is 5.69 Å². The molecule has 0 spiro atoms. The van der Waals surface area contributed by atoms with Crippen LogP contribution < -0.4 is 4.74 Å². The Bertz CT molecular complexity index is 383. The topological polar surface area (TPSA) is 72.3 Å². The molecule has 82 valence electrons. The van der Waals surface area contributed by atoms with Crippen molar-refractivity contribution in [2.45, 2.75) is 26.2 Å². The van der Waals surface area contributed by atoms with Gasteiger partial charge in [-0.2, -0.15) is 0 Å². The van der Waals surface area contributed by atoms with Gasteiger partial charge in [0, 0.05) is 0 Å². The molecule has 0 aliphatic rings. The Kier molecular flexibility index (Phi) is 2.93. The number of methoxy groups -OCH3 is 1. The molecule has 0 aliphatic carbocycles. The third-order valence-corrected chi connectivity index (χ3v) is 1.96. The molecule has 1 rings (SSSR count). The summed E-state index contributed by atoms with van der Waals surface area (Å²) in [6, 6.07) is 0. The molecule has 5 heteroatoms. The van der Waals surface area contributed by atoms with E-state index < -0.39 is 5.97 Å². The summed E-state index contributed by atoms with van der Waals surface area (Å²) in [7, 11) is 1.46. The maximum absolute atomic E-state index is 11.0. The van der Waals surface area contributed by atoms with E-state index in [1.165, 1.54) is 13.4 Å². The zero-order valence-electron chi connectivity index (χ0n) is 9.24. The highest BCUT2D eigenvalue weighted by molar-refractivity contribution is 5.88. The third kappa shape index (κ3) is 2.23. The fourth-order valence-corrected chi connectivity index (χ4v) is 1.36. The van der Waals surface area contributed by atoms with Gasteiger partial charge in [-0.1, -0.05) is 20.8 Å². The first kappa shape index (κ1) is 11.4. The minimum atomic E-state index is -1.07. The zero-order chi connectivity index (χ0) is 11.6. The molecule has 1 heterocycles. The number of ether oxygens (including phenoxy) is 1. The number of hydrogen-bond acceptors (Lipinski definition) is 4. The largest absolute Gasteiger partial charge is 0.481 e. The molecular formula is C10H14N2O3. The van der Waals surface area contributed by atoms with Crippen molar-refractivity contribution < 1.29 is 14.6 Å². The van der Waals surface area contributed by atoms with Gasteiger partial charge in [-0.05, 0) is 5.41 Å². The van der Waals surface area contributed by atoms with Crippen LogP contribution in [0.15, 0.2) is 6.33 Å². The lowest BCUT2D eigenvalue weighted by Gasteiger charge is -2.21. The van der Waals surface area contributed by atoms with E-state index in [1.807, 2.05) is 20.8 Å². The highest BCUT2D eigenvalue weighted by Crippen LogP contribution is 2.31. The van der Waals surface area contributed by atoms with E-state index >= 15 is 0 Å². The number of aromatic nitrogens is 2. The highest BCUT2D eigenvalue weighted by Gasteiger charge is 2.27. The number of aromatic carboxylic acids is 1. The van der Waals surface area contributed by atoms with Crippen molar-refractivity contribution in [3.8, 4) is 5.88 Å². The van der Waals surface area contributed by atoms with Crippen LogP contribution >= 0.6 is 0 Å². The average molecular weight is 210 g/mol. The second-order valence-electron chi connectivity index (χ2n) is 4.16. The van der Waals surface area contributed by atoms with E-state index in [0.29, 0.717) is 11.4 Å². The normalized spacial score (nSPS) is 11.2. The van der Waals surface area contributed by atoms with Crippen LogP contribution in [-0.4, -0.2) is 28.2 Å². The SMILES string of the molecule is COc1ncnc(C(=O)O)c1C(C)(C)C. The summed E-state index contributed by atoms with van der Waals surface area (Å²) in [5, 5.41) is 9.00. The standard InChI is InChI=1S/C10H14N2O3/c1-10(2,3)6-7(9(13)14)11-5-12-8(6)15-4/h5H,1-4H3,(H,13,14). The monoisotopic (exact) mass is 210 g/mol. The Hall–Kier alpha value is -1.65. The molecule has 0 aromatic carbocycles. The number of carboxylic acids is 1. The Morgan fingerprint density at radius 2 is 2.00 bits per heavy atom. The van der Waals surface area contributed by atoms with Crippen LogP contribution in [0.4, 0.5) is 0 Å². The van der Waals surface area contributed by atoms with Gasteiger partial charge in [-0.15, -0.1) is 0 Å². The summed E-state index contributed by atoms with van der Waals surface area (Å²) < 4.78 is 5.05. The van der Waals surface area contributed by atoms with Crippen molar-refractivity contribution >= 4 is 5.97 Å². The molecule has 0 bridgehead atoms. The van der Waals surface area contributed by atoms with Crippen molar-refractivity contribution in [3.05, 3.63) is 17.6 Å². The summed E-state index contributed by atoms with van der Waals surface area (Å²) in [6.07, 6.45) is 1.19. The van der Waals surface area contributed by atoms with E-state index in [4.69, 9.17) is 9.84 Å². The maximum atomic E-state index is 11.0. The molecule has 0 aliphatic heterocycles. The number of hydrogen-bond donors (Lipinski definition) is 1. The van der Waals surface area contributed by atoms with Gasteiger partial charge in [0.25, 0.3) is 0 Å². The van der Waals surface area contributed by atoms with Crippen molar-refractivity contribution in [2.24, 2.45) is 0 Å². The van der Waals surface area contributed by atoms with Gasteiger partial charge in [0.1, 0.15) is 6.33 Å². The van der Waals surface area contributed by atoms with Gasteiger partial charge in [-0.3, -0.25) is 0 Å². The fourth-order valence-electron chi connectivity index (χ4n) is 1.36. The lowest BCUT2D eigenvalue weighted by molar-refractivity contribution is 0.0686. The molecule has 1 aromatic heterocycles. The van der Waals surface area contributed by atoms with Crippen LogP contribution in [0, 0.1) is 0 Å². The minimum Gasteiger partial charge on any atom is -0.481 e. The second-order valence-corrected chi connectivity index (χ2v) is 4.16. The molecule has 15 heavy (non-hydrogen) atoms. The third-order valence-electron chi connectivity index (χ3n) is 1.96. The van der Waals surface area contributed by atoms with E-state index in [1.54, 1.807) is 0 Å². The van der Waals surface area contributed by atoms with Crippen LogP contribution in [0.5, 0.6) is 5.88 Å². The lowest BCUT2D eigenvalue weighted by atomic mass is 9.86. The van der Waals surface area contributed by atoms with Crippen molar-refractivity contribution in [1.29, 1.82) is 0 Å².